The summed E-state index contributed by atoms with van der Waals surface area (Å²) in [4.78, 5) is 4.51. The van der Waals surface area contributed by atoms with Gasteiger partial charge in [0.2, 0.25) is 10.0 Å². The molecule has 25 heavy (non-hydrogen) atoms. The quantitative estimate of drug-likeness (QED) is 0.236. The summed E-state index contributed by atoms with van der Waals surface area (Å²) < 4.78 is 24.5. The molecule has 0 aromatic heterocycles. The number of benzene rings is 1. The van der Waals surface area contributed by atoms with Crippen molar-refractivity contribution in [1.29, 1.82) is 0 Å². The highest BCUT2D eigenvalue weighted by Crippen LogP contribution is 2.15. The largest absolute Gasteiger partial charge is 0.357 e. The molecule has 0 spiro atoms. The van der Waals surface area contributed by atoms with E-state index in [1.807, 2.05) is 38.1 Å². The van der Waals surface area contributed by atoms with Gasteiger partial charge in [-0.15, -0.1) is 24.0 Å². The zero-order valence-corrected chi connectivity index (χ0v) is 18.9. The fourth-order valence-corrected chi connectivity index (χ4v) is 3.28. The molecule has 0 unspecified atom stereocenters. The maximum absolute atomic E-state index is 11.5. The molecule has 0 aliphatic heterocycles. The molecule has 0 saturated carbocycles. The van der Waals surface area contributed by atoms with E-state index in [-0.39, 0.29) is 24.0 Å². The number of rotatable bonds is 9. The van der Waals surface area contributed by atoms with Gasteiger partial charge in [-0.25, -0.2) is 17.7 Å². The van der Waals surface area contributed by atoms with Crippen molar-refractivity contribution in [2.24, 2.45) is 4.99 Å². The summed E-state index contributed by atoms with van der Waals surface area (Å²) in [5, 5.41) is 7.08. The van der Waals surface area contributed by atoms with Crippen LogP contribution in [0.4, 0.5) is 0 Å². The van der Waals surface area contributed by atoms with Crippen molar-refractivity contribution in [2.45, 2.75) is 26.8 Å². The van der Waals surface area contributed by atoms with Crippen molar-refractivity contribution in [3.05, 3.63) is 34.9 Å². The Hall–Kier alpha value is -0.580. The lowest BCUT2D eigenvalue weighted by Gasteiger charge is -2.18. The molecule has 1 rings (SSSR count). The zero-order chi connectivity index (χ0) is 18.0. The Morgan fingerprint density at radius 1 is 1.24 bits per heavy atom. The molecule has 0 saturated heterocycles. The summed E-state index contributed by atoms with van der Waals surface area (Å²) in [5.41, 5.74) is 0.964. The van der Waals surface area contributed by atoms with E-state index in [1.54, 1.807) is 0 Å². The van der Waals surface area contributed by atoms with Crippen molar-refractivity contribution in [3.63, 3.8) is 0 Å². The normalized spacial score (nSPS) is 12.0. The van der Waals surface area contributed by atoms with E-state index in [0.29, 0.717) is 43.6 Å². The molecule has 0 amide bonds. The second-order valence-corrected chi connectivity index (χ2v) is 7.71. The van der Waals surface area contributed by atoms with E-state index in [2.05, 4.69) is 15.6 Å². The first-order valence-corrected chi connectivity index (χ1v) is 10.3. The minimum atomic E-state index is -3.13. The molecule has 0 aliphatic rings. The number of halogens is 2. The summed E-state index contributed by atoms with van der Waals surface area (Å²) in [6.07, 6.45) is 1.94. The number of sulfonamides is 1. The summed E-state index contributed by atoms with van der Waals surface area (Å²) in [7, 11) is -3.13. The minimum Gasteiger partial charge on any atom is -0.357 e. The Morgan fingerprint density at radius 2 is 1.92 bits per heavy atom. The number of nitrogens with zero attached hydrogens (tertiary/aromatic N) is 2. The van der Waals surface area contributed by atoms with Crippen molar-refractivity contribution in [1.82, 2.24) is 14.9 Å². The van der Waals surface area contributed by atoms with E-state index in [9.17, 15) is 8.42 Å². The van der Waals surface area contributed by atoms with Gasteiger partial charge < -0.3 is 10.6 Å². The Morgan fingerprint density at radius 3 is 2.48 bits per heavy atom. The smallest absolute Gasteiger partial charge is 0.211 e. The summed E-state index contributed by atoms with van der Waals surface area (Å²) in [6, 6.07) is 7.61. The van der Waals surface area contributed by atoms with Gasteiger partial charge in [0, 0.05) is 31.2 Å². The van der Waals surface area contributed by atoms with Gasteiger partial charge in [0.1, 0.15) is 0 Å². The SMILES string of the molecule is CCNC(=NCc1ccccc1Cl)NCCCN(CC)S(C)(=O)=O.I. The fraction of sp³-hybridized carbons (Fsp3) is 0.562. The molecule has 0 bridgehead atoms. The predicted molar refractivity (Wildman–Crippen MR) is 116 cm³/mol. The van der Waals surface area contributed by atoms with Gasteiger partial charge in [-0.3, -0.25) is 0 Å². The lowest BCUT2D eigenvalue weighted by atomic mass is 10.2. The van der Waals surface area contributed by atoms with Crippen LogP contribution in [0.15, 0.2) is 29.3 Å². The maximum atomic E-state index is 11.5. The molecule has 0 atom stereocenters. The molecule has 0 heterocycles. The first-order valence-electron chi connectivity index (χ1n) is 8.09. The van der Waals surface area contributed by atoms with Crippen LogP contribution < -0.4 is 10.6 Å². The topological polar surface area (TPSA) is 73.8 Å². The van der Waals surface area contributed by atoms with Gasteiger partial charge in [-0.1, -0.05) is 36.7 Å². The van der Waals surface area contributed by atoms with E-state index in [1.165, 1.54) is 10.6 Å². The standard InChI is InChI=1S/C16H27ClN4O2S.HI/c1-4-18-16(20-13-14-9-6-7-10-15(14)17)19-11-8-12-21(5-2)24(3,22)23;/h6-7,9-10H,4-5,8,11-13H2,1-3H3,(H2,18,19,20);1H. The fourth-order valence-electron chi connectivity index (χ4n) is 2.15. The Kier molecular flexibility index (Phi) is 12.4. The molecule has 0 fully saturated rings. The van der Waals surface area contributed by atoms with Crippen LogP contribution >= 0.6 is 35.6 Å². The monoisotopic (exact) mass is 502 g/mol. The maximum Gasteiger partial charge on any atom is 0.211 e. The van der Waals surface area contributed by atoms with Crippen LogP contribution in [0, 0.1) is 0 Å². The third-order valence-electron chi connectivity index (χ3n) is 3.41. The first-order chi connectivity index (χ1) is 11.4. The molecule has 6 nitrogen and oxygen atoms in total. The molecule has 9 heteroatoms. The Labute approximate surface area is 173 Å². The molecular weight excluding hydrogens is 475 g/mol. The van der Waals surface area contributed by atoms with Gasteiger partial charge in [0.05, 0.1) is 12.8 Å². The van der Waals surface area contributed by atoms with Crippen LogP contribution in [-0.4, -0.2) is 51.1 Å². The van der Waals surface area contributed by atoms with Gasteiger partial charge in [-0.05, 0) is 25.0 Å². The van der Waals surface area contributed by atoms with Gasteiger partial charge >= 0.3 is 0 Å². The van der Waals surface area contributed by atoms with Crippen LogP contribution in [0.1, 0.15) is 25.8 Å². The third-order valence-corrected chi connectivity index (χ3v) is 5.16. The van der Waals surface area contributed by atoms with E-state index < -0.39 is 10.0 Å². The van der Waals surface area contributed by atoms with Crippen molar-refractivity contribution in [2.75, 3.05) is 32.4 Å². The summed E-state index contributed by atoms with van der Waals surface area (Å²) in [6.45, 7) is 6.68. The lowest BCUT2D eigenvalue weighted by molar-refractivity contribution is 0.424. The average molecular weight is 503 g/mol. The summed E-state index contributed by atoms with van der Waals surface area (Å²) in [5.74, 6) is 0.694. The molecule has 0 aliphatic carbocycles. The van der Waals surface area contributed by atoms with Crippen LogP contribution in [0.25, 0.3) is 0 Å². The van der Waals surface area contributed by atoms with E-state index in [4.69, 9.17) is 11.6 Å². The molecule has 1 aromatic carbocycles. The summed E-state index contributed by atoms with van der Waals surface area (Å²) >= 11 is 6.13. The third kappa shape index (κ3) is 9.62. The Balaban J connectivity index is 0.00000576. The number of nitrogens with one attached hydrogen (secondary N) is 2. The first kappa shape index (κ1) is 24.4. The molecule has 0 radical (unpaired) electrons. The molecule has 1 aromatic rings. The van der Waals surface area contributed by atoms with Crippen molar-refractivity contribution >= 4 is 51.6 Å². The van der Waals surface area contributed by atoms with E-state index >= 15 is 0 Å². The van der Waals surface area contributed by atoms with Crippen LogP contribution in [0.3, 0.4) is 0 Å². The van der Waals surface area contributed by atoms with Gasteiger partial charge in [0.25, 0.3) is 0 Å². The second kappa shape index (κ2) is 12.7. The van der Waals surface area contributed by atoms with Gasteiger partial charge in [0.15, 0.2) is 5.96 Å². The van der Waals surface area contributed by atoms with Crippen LogP contribution in [-0.2, 0) is 16.6 Å². The predicted octanol–water partition coefficient (Wildman–Crippen LogP) is 2.68. The molecule has 144 valence electrons. The van der Waals surface area contributed by atoms with Crippen molar-refractivity contribution < 1.29 is 8.42 Å². The number of aliphatic imine (C=N–C) groups is 1. The highest BCUT2D eigenvalue weighted by molar-refractivity contribution is 14.0. The van der Waals surface area contributed by atoms with Gasteiger partial charge in [-0.2, -0.15) is 0 Å². The molecular formula is C16H28ClIN4O2S. The highest BCUT2D eigenvalue weighted by atomic mass is 127. The average Bonchev–Trinajstić information content (AvgIpc) is 2.52. The number of hydrogen-bond acceptors (Lipinski definition) is 3. The van der Waals surface area contributed by atoms with Crippen molar-refractivity contribution in [3.8, 4) is 0 Å². The highest BCUT2D eigenvalue weighted by Gasteiger charge is 2.13. The number of guanidine groups is 1. The minimum absolute atomic E-state index is 0. The molecule has 2 N–H and O–H groups in total. The van der Waals surface area contributed by atoms with Crippen LogP contribution in [0.2, 0.25) is 5.02 Å². The lowest BCUT2D eigenvalue weighted by Crippen LogP contribution is -2.39. The zero-order valence-electron chi connectivity index (χ0n) is 15.0. The van der Waals surface area contributed by atoms with Crippen LogP contribution in [0.5, 0.6) is 0 Å². The second-order valence-electron chi connectivity index (χ2n) is 5.32. The van der Waals surface area contributed by atoms with E-state index in [0.717, 1.165) is 12.1 Å². The number of hydrogen-bond donors (Lipinski definition) is 2. The Bertz CT molecular complexity index is 641.